The first-order chi connectivity index (χ1) is 17.8. The highest BCUT2D eigenvalue weighted by molar-refractivity contribution is 7.89. The van der Waals surface area contributed by atoms with Crippen molar-refractivity contribution < 1.29 is 18.3 Å². The summed E-state index contributed by atoms with van der Waals surface area (Å²) in [5, 5.41) is 9.65. The molecule has 0 spiro atoms. The maximum absolute atomic E-state index is 13.1. The van der Waals surface area contributed by atoms with Crippen LogP contribution in [0, 0.1) is 0 Å². The molecule has 0 aliphatic heterocycles. The van der Waals surface area contributed by atoms with Crippen molar-refractivity contribution in [3.8, 4) is 11.1 Å². The Balaban J connectivity index is 1.59. The SMILES string of the molecule is CCCCc1nc(Cl)c(C(=O)O)n1Cc1ccc(-c2ccccc2S(=O)(=O)NCc2ccccc2)cc1. The molecule has 1 aromatic heterocycles. The molecule has 0 saturated carbocycles. The number of nitrogens with one attached hydrogen (secondary N) is 1. The van der Waals surface area contributed by atoms with Gasteiger partial charge in [-0.3, -0.25) is 0 Å². The largest absolute Gasteiger partial charge is 0.476 e. The highest BCUT2D eigenvalue weighted by atomic mass is 35.5. The van der Waals surface area contributed by atoms with E-state index in [1.165, 1.54) is 0 Å². The second-order valence-corrected chi connectivity index (χ2v) is 10.8. The summed E-state index contributed by atoms with van der Waals surface area (Å²) in [5.74, 6) is -0.492. The van der Waals surface area contributed by atoms with E-state index in [1.54, 1.807) is 28.8 Å². The molecule has 0 aliphatic rings. The van der Waals surface area contributed by atoms with Gasteiger partial charge in [-0.2, -0.15) is 0 Å². The van der Waals surface area contributed by atoms with Gasteiger partial charge in [0.15, 0.2) is 10.8 Å². The minimum absolute atomic E-state index is 0.0163. The Hall–Kier alpha value is -3.46. The third-order valence-corrected chi connectivity index (χ3v) is 7.77. The van der Waals surface area contributed by atoms with Gasteiger partial charge in [0.05, 0.1) is 4.90 Å². The molecular formula is C28H28ClN3O4S. The van der Waals surface area contributed by atoms with Crippen LogP contribution in [0.2, 0.25) is 5.15 Å². The smallest absolute Gasteiger partial charge is 0.355 e. The summed E-state index contributed by atoms with van der Waals surface area (Å²) >= 11 is 6.14. The van der Waals surface area contributed by atoms with Crippen LogP contribution in [0.4, 0.5) is 0 Å². The minimum atomic E-state index is -3.77. The molecule has 192 valence electrons. The molecule has 2 N–H and O–H groups in total. The number of hydrogen-bond acceptors (Lipinski definition) is 4. The number of carbonyl (C=O) groups is 1. The summed E-state index contributed by atoms with van der Waals surface area (Å²) < 4.78 is 30.6. The van der Waals surface area contributed by atoms with E-state index in [-0.39, 0.29) is 22.3 Å². The molecule has 7 nitrogen and oxygen atoms in total. The van der Waals surface area contributed by atoms with Crippen molar-refractivity contribution in [2.24, 2.45) is 0 Å². The number of benzene rings is 3. The van der Waals surface area contributed by atoms with Crippen LogP contribution in [0.25, 0.3) is 11.1 Å². The first-order valence-corrected chi connectivity index (χ1v) is 13.9. The van der Waals surface area contributed by atoms with Crippen LogP contribution < -0.4 is 4.72 Å². The Morgan fingerprint density at radius 2 is 1.65 bits per heavy atom. The molecule has 1 heterocycles. The number of nitrogens with zero attached hydrogens (tertiary/aromatic N) is 2. The van der Waals surface area contributed by atoms with Crippen LogP contribution in [0.1, 0.15) is 47.2 Å². The zero-order valence-corrected chi connectivity index (χ0v) is 22.0. The molecule has 37 heavy (non-hydrogen) atoms. The average Bonchev–Trinajstić information content (AvgIpc) is 3.22. The predicted octanol–water partition coefficient (Wildman–Crippen LogP) is 5.77. The summed E-state index contributed by atoms with van der Waals surface area (Å²) in [5.41, 5.74) is 3.00. The lowest BCUT2D eigenvalue weighted by atomic mass is 10.0. The summed E-state index contributed by atoms with van der Waals surface area (Å²) in [6.45, 7) is 2.54. The molecular weight excluding hydrogens is 510 g/mol. The van der Waals surface area contributed by atoms with Gasteiger partial charge in [-0.25, -0.2) is 22.9 Å². The van der Waals surface area contributed by atoms with E-state index in [0.717, 1.165) is 29.5 Å². The Labute approximate surface area is 221 Å². The third kappa shape index (κ3) is 6.28. The number of rotatable bonds is 11. The van der Waals surface area contributed by atoms with Crippen LogP contribution in [-0.4, -0.2) is 29.0 Å². The van der Waals surface area contributed by atoms with E-state index < -0.39 is 16.0 Å². The summed E-state index contributed by atoms with van der Waals surface area (Å²) in [6, 6.07) is 23.6. The molecule has 0 bridgehead atoms. The molecule has 3 aromatic carbocycles. The van der Waals surface area contributed by atoms with E-state index in [2.05, 4.69) is 16.6 Å². The molecule has 0 amide bonds. The number of sulfonamides is 1. The van der Waals surface area contributed by atoms with E-state index in [1.807, 2.05) is 54.6 Å². The lowest BCUT2D eigenvalue weighted by Crippen LogP contribution is -2.23. The minimum Gasteiger partial charge on any atom is -0.476 e. The first kappa shape index (κ1) is 26.6. The maximum Gasteiger partial charge on any atom is 0.355 e. The summed E-state index contributed by atoms with van der Waals surface area (Å²) in [4.78, 5) is 16.3. The number of unbranched alkanes of at least 4 members (excludes halogenated alkanes) is 1. The zero-order chi connectivity index (χ0) is 26.4. The number of imidazole rings is 1. The van der Waals surface area contributed by atoms with Crippen molar-refractivity contribution in [1.29, 1.82) is 0 Å². The summed E-state index contributed by atoms with van der Waals surface area (Å²) in [7, 11) is -3.77. The average molecular weight is 538 g/mol. The Bertz CT molecular complexity index is 1480. The maximum atomic E-state index is 13.1. The second kappa shape index (κ2) is 11.7. The Kier molecular flexibility index (Phi) is 8.43. The molecule has 0 radical (unpaired) electrons. The van der Waals surface area contributed by atoms with Crippen molar-refractivity contribution in [1.82, 2.24) is 14.3 Å². The zero-order valence-electron chi connectivity index (χ0n) is 20.4. The van der Waals surface area contributed by atoms with E-state index in [4.69, 9.17) is 11.6 Å². The highest BCUT2D eigenvalue weighted by Crippen LogP contribution is 2.28. The monoisotopic (exact) mass is 537 g/mol. The van der Waals surface area contributed by atoms with Gasteiger partial charge in [-0.1, -0.05) is 97.7 Å². The molecule has 4 aromatic rings. The van der Waals surface area contributed by atoms with Crippen LogP contribution in [0.15, 0.2) is 83.8 Å². The normalized spacial score (nSPS) is 11.5. The number of aryl methyl sites for hydroxylation is 1. The fourth-order valence-electron chi connectivity index (χ4n) is 4.13. The summed E-state index contributed by atoms with van der Waals surface area (Å²) in [6.07, 6.45) is 2.45. The predicted molar refractivity (Wildman–Crippen MR) is 144 cm³/mol. The number of aromatic carboxylic acids is 1. The van der Waals surface area contributed by atoms with Crippen molar-refractivity contribution in [3.05, 3.63) is 107 Å². The fourth-order valence-corrected chi connectivity index (χ4v) is 5.66. The standard InChI is InChI=1S/C28H28ClN3O4S/c1-2-3-13-25-31-27(29)26(28(33)34)32(25)19-21-14-16-22(17-15-21)23-11-7-8-12-24(23)37(35,36)30-18-20-9-5-4-6-10-20/h4-12,14-17,30H,2-3,13,18-19H2,1H3,(H,33,34). The molecule has 9 heteroatoms. The van der Waals surface area contributed by atoms with Gasteiger partial charge in [0.25, 0.3) is 0 Å². The van der Waals surface area contributed by atoms with Crippen molar-refractivity contribution in [3.63, 3.8) is 0 Å². The molecule has 0 atom stereocenters. The highest BCUT2D eigenvalue weighted by Gasteiger charge is 2.22. The topological polar surface area (TPSA) is 101 Å². The Morgan fingerprint density at radius 1 is 0.973 bits per heavy atom. The van der Waals surface area contributed by atoms with Crippen LogP contribution in [0.3, 0.4) is 0 Å². The third-order valence-electron chi connectivity index (χ3n) is 6.05. The van der Waals surface area contributed by atoms with Crippen molar-refractivity contribution in [2.45, 2.75) is 44.2 Å². The molecule has 0 saturated heterocycles. The molecule has 0 fully saturated rings. The van der Waals surface area contributed by atoms with Crippen LogP contribution in [-0.2, 0) is 29.5 Å². The van der Waals surface area contributed by atoms with Crippen molar-refractivity contribution >= 4 is 27.6 Å². The number of carboxylic acid groups (broad SMARTS) is 1. The van der Waals surface area contributed by atoms with Crippen LogP contribution in [0.5, 0.6) is 0 Å². The van der Waals surface area contributed by atoms with Gasteiger partial charge in [0.1, 0.15) is 5.82 Å². The van der Waals surface area contributed by atoms with E-state index in [0.29, 0.717) is 24.4 Å². The van der Waals surface area contributed by atoms with Gasteiger partial charge in [0.2, 0.25) is 10.0 Å². The lowest BCUT2D eigenvalue weighted by molar-refractivity contribution is 0.0685. The van der Waals surface area contributed by atoms with Gasteiger partial charge in [-0.05, 0) is 29.2 Å². The van der Waals surface area contributed by atoms with Gasteiger partial charge >= 0.3 is 5.97 Å². The van der Waals surface area contributed by atoms with E-state index in [9.17, 15) is 18.3 Å². The van der Waals surface area contributed by atoms with Crippen LogP contribution >= 0.6 is 11.6 Å². The Morgan fingerprint density at radius 3 is 2.32 bits per heavy atom. The quantitative estimate of drug-likeness (QED) is 0.253. The molecule has 0 unspecified atom stereocenters. The van der Waals surface area contributed by atoms with Gasteiger partial charge in [0, 0.05) is 25.1 Å². The second-order valence-electron chi connectivity index (χ2n) is 8.67. The van der Waals surface area contributed by atoms with Gasteiger partial charge in [-0.15, -0.1) is 0 Å². The fraction of sp³-hybridized carbons (Fsp3) is 0.214. The van der Waals surface area contributed by atoms with Crippen molar-refractivity contribution in [2.75, 3.05) is 0 Å². The van der Waals surface area contributed by atoms with E-state index >= 15 is 0 Å². The van der Waals surface area contributed by atoms with Gasteiger partial charge < -0.3 is 9.67 Å². The number of hydrogen-bond donors (Lipinski definition) is 2. The molecule has 0 aliphatic carbocycles. The number of carboxylic acids is 1. The number of aromatic nitrogens is 2. The number of halogens is 1. The molecule has 4 rings (SSSR count). The lowest BCUT2D eigenvalue weighted by Gasteiger charge is -2.13. The first-order valence-electron chi connectivity index (χ1n) is 12.0.